The summed E-state index contributed by atoms with van der Waals surface area (Å²) >= 11 is 7.18. The first kappa shape index (κ1) is 17.5. The molecule has 1 aliphatic heterocycles. The summed E-state index contributed by atoms with van der Waals surface area (Å²) in [5.41, 5.74) is 3.22. The topological polar surface area (TPSA) is 64.2 Å². The van der Waals surface area contributed by atoms with E-state index in [1.54, 1.807) is 6.33 Å². The molecule has 1 N–H and O–H groups in total. The molecule has 136 valence electrons. The average molecular weight is 481 g/mol. The van der Waals surface area contributed by atoms with Crippen molar-refractivity contribution in [2.24, 2.45) is 0 Å². The van der Waals surface area contributed by atoms with Crippen LogP contribution in [0.25, 0.3) is 11.0 Å². The lowest BCUT2D eigenvalue weighted by Crippen LogP contribution is -2.47. The Bertz CT molecular complexity index is 932. The Balaban J connectivity index is 1.59. The van der Waals surface area contributed by atoms with Crippen LogP contribution < -0.4 is 14.7 Å². The second-order valence-corrected chi connectivity index (χ2v) is 8.02. The van der Waals surface area contributed by atoms with E-state index >= 15 is 0 Å². The van der Waals surface area contributed by atoms with Crippen LogP contribution in [0.3, 0.4) is 0 Å². The van der Waals surface area contributed by atoms with Gasteiger partial charge in [0.1, 0.15) is 16.7 Å². The van der Waals surface area contributed by atoms with Crippen molar-refractivity contribution >= 4 is 60.1 Å². The third-order valence-corrected chi connectivity index (χ3v) is 5.84. The molecule has 3 aromatic rings. The fraction of sp³-hybridized carbons (Fsp3) is 0.353. The van der Waals surface area contributed by atoms with Crippen LogP contribution in [0, 0.1) is 0 Å². The summed E-state index contributed by atoms with van der Waals surface area (Å²) in [6.45, 7) is 3.64. The first-order chi connectivity index (χ1) is 12.6. The maximum absolute atomic E-state index is 4.51. The molecular weight excluding hydrogens is 462 g/mol. The molecular formula is C17H19Br2N7. The van der Waals surface area contributed by atoms with Crippen LogP contribution in [0.1, 0.15) is 0 Å². The van der Waals surface area contributed by atoms with Gasteiger partial charge in [0.2, 0.25) is 0 Å². The highest BCUT2D eigenvalue weighted by Gasteiger charge is 2.24. The number of hydrogen-bond acceptors (Lipinski definition) is 6. The van der Waals surface area contributed by atoms with Crippen molar-refractivity contribution in [2.75, 3.05) is 55.0 Å². The maximum atomic E-state index is 4.51. The molecule has 0 radical (unpaired) electrons. The Morgan fingerprint density at radius 2 is 1.77 bits per heavy atom. The molecule has 1 aromatic carbocycles. The normalized spacial score (nSPS) is 14.9. The van der Waals surface area contributed by atoms with Gasteiger partial charge < -0.3 is 14.7 Å². The summed E-state index contributed by atoms with van der Waals surface area (Å²) in [6.07, 6.45) is 1.59. The lowest BCUT2D eigenvalue weighted by Gasteiger charge is -2.38. The number of para-hydroxylation sites is 1. The highest BCUT2D eigenvalue weighted by Crippen LogP contribution is 2.36. The zero-order chi connectivity index (χ0) is 18.3. The lowest BCUT2D eigenvalue weighted by molar-refractivity contribution is 0.648. The van der Waals surface area contributed by atoms with Gasteiger partial charge in [0.05, 0.1) is 16.8 Å². The maximum Gasteiger partial charge on any atom is 0.161 e. The number of H-pyrrole nitrogens is 1. The predicted molar refractivity (Wildman–Crippen MR) is 112 cm³/mol. The highest BCUT2D eigenvalue weighted by molar-refractivity contribution is 9.11. The number of hydrogen-bond donors (Lipinski definition) is 1. The second-order valence-electron chi connectivity index (χ2n) is 6.41. The minimum absolute atomic E-state index is 0.756. The van der Waals surface area contributed by atoms with Crippen LogP contribution in [-0.2, 0) is 0 Å². The van der Waals surface area contributed by atoms with E-state index in [-0.39, 0.29) is 0 Å². The van der Waals surface area contributed by atoms with Crippen molar-refractivity contribution in [2.45, 2.75) is 0 Å². The van der Waals surface area contributed by atoms with Gasteiger partial charge in [-0.05, 0) is 44.0 Å². The van der Waals surface area contributed by atoms with E-state index in [1.807, 2.05) is 0 Å². The smallest absolute Gasteiger partial charge is 0.161 e. The lowest BCUT2D eigenvalue weighted by atomic mass is 10.2. The molecule has 0 bridgehead atoms. The SMILES string of the molecule is CN(C)c1c(Br)cccc1N1CCN(c2ncnc3[nH]nc(Br)c23)CC1. The molecule has 0 atom stereocenters. The summed E-state index contributed by atoms with van der Waals surface area (Å²) in [7, 11) is 4.15. The van der Waals surface area contributed by atoms with Crippen molar-refractivity contribution in [3.8, 4) is 0 Å². The molecule has 7 nitrogen and oxygen atoms in total. The molecule has 9 heteroatoms. The Labute approximate surface area is 168 Å². The third-order valence-electron chi connectivity index (χ3n) is 4.63. The fourth-order valence-electron chi connectivity index (χ4n) is 3.41. The molecule has 4 rings (SSSR count). The van der Waals surface area contributed by atoms with Crippen LogP contribution >= 0.6 is 31.9 Å². The van der Waals surface area contributed by atoms with Crippen molar-refractivity contribution in [1.29, 1.82) is 0 Å². The van der Waals surface area contributed by atoms with E-state index in [0.29, 0.717) is 0 Å². The number of rotatable bonds is 3. The molecule has 0 unspecified atom stereocenters. The summed E-state index contributed by atoms with van der Waals surface area (Å²) in [6, 6.07) is 6.36. The van der Waals surface area contributed by atoms with E-state index in [0.717, 1.165) is 52.1 Å². The summed E-state index contributed by atoms with van der Waals surface area (Å²) < 4.78 is 1.87. The third kappa shape index (κ3) is 3.03. The summed E-state index contributed by atoms with van der Waals surface area (Å²) in [5, 5.41) is 8.07. The van der Waals surface area contributed by atoms with Crippen LogP contribution in [0.4, 0.5) is 17.2 Å². The van der Waals surface area contributed by atoms with E-state index in [2.05, 4.69) is 99.0 Å². The van der Waals surface area contributed by atoms with Gasteiger partial charge in [-0.3, -0.25) is 5.10 Å². The van der Waals surface area contributed by atoms with Gasteiger partial charge in [-0.2, -0.15) is 5.10 Å². The molecule has 0 spiro atoms. The van der Waals surface area contributed by atoms with Gasteiger partial charge in [-0.15, -0.1) is 0 Å². The van der Waals surface area contributed by atoms with Gasteiger partial charge in [0.15, 0.2) is 5.65 Å². The van der Waals surface area contributed by atoms with Gasteiger partial charge in [0.25, 0.3) is 0 Å². The quantitative estimate of drug-likeness (QED) is 0.620. The van der Waals surface area contributed by atoms with E-state index in [9.17, 15) is 0 Å². The second kappa shape index (κ2) is 7.03. The molecule has 1 aliphatic rings. The zero-order valence-corrected chi connectivity index (χ0v) is 17.7. The molecule has 3 heterocycles. The largest absolute Gasteiger partial charge is 0.375 e. The number of fused-ring (bicyclic) bond motifs is 1. The van der Waals surface area contributed by atoms with E-state index in [1.165, 1.54) is 11.4 Å². The Kier molecular flexibility index (Phi) is 4.74. The predicted octanol–water partition coefficient (Wildman–Crippen LogP) is 3.27. The van der Waals surface area contributed by atoms with Crippen LogP contribution in [0.2, 0.25) is 0 Å². The van der Waals surface area contributed by atoms with Gasteiger partial charge >= 0.3 is 0 Å². The first-order valence-electron chi connectivity index (χ1n) is 8.36. The molecule has 0 amide bonds. The number of nitrogens with one attached hydrogen (secondary N) is 1. The summed E-state index contributed by atoms with van der Waals surface area (Å²) in [5.74, 6) is 0.928. The molecule has 2 aromatic heterocycles. The molecule has 0 saturated carbocycles. The van der Waals surface area contributed by atoms with Gasteiger partial charge in [-0.1, -0.05) is 6.07 Å². The molecule has 26 heavy (non-hydrogen) atoms. The number of anilines is 3. The molecule has 0 aliphatic carbocycles. The van der Waals surface area contributed by atoms with Crippen molar-refractivity contribution in [3.05, 3.63) is 33.6 Å². The van der Waals surface area contributed by atoms with Crippen molar-refractivity contribution in [1.82, 2.24) is 20.2 Å². The number of benzene rings is 1. The molecule has 1 saturated heterocycles. The van der Waals surface area contributed by atoms with Crippen molar-refractivity contribution < 1.29 is 0 Å². The Hall–Kier alpha value is -1.87. The minimum atomic E-state index is 0.756. The number of halogens is 2. The van der Waals surface area contributed by atoms with Gasteiger partial charge in [0, 0.05) is 44.7 Å². The Morgan fingerprint density at radius 3 is 2.50 bits per heavy atom. The van der Waals surface area contributed by atoms with E-state index in [4.69, 9.17) is 0 Å². The first-order valence-corrected chi connectivity index (χ1v) is 9.95. The average Bonchev–Trinajstić information content (AvgIpc) is 3.03. The zero-order valence-electron chi connectivity index (χ0n) is 14.6. The number of aromatic amines is 1. The van der Waals surface area contributed by atoms with Crippen LogP contribution in [0.5, 0.6) is 0 Å². The highest BCUT2D eigenvalue weighted by atomic mass is 79.9. The summed E-state index contributed by atoms with van der Waals surface area (Å²) in [4.78, 5) is 15.7. The Morgan fingerprint density at radius 1 is 1.04 bits per heavy atom. The number of aromatic nitrogens is 4. The van der Waals surface area contributed by atoms with Crippen LogP contribution in [0.15, 0.2) is 33.6 Å². The number of piperazine rings is 1. The fourth-order valence-corrected chi connectivity index (χ4v) is 4.57. The monoisotopic (exact) mass is 479 g/mol. The van der Waals surface area contributed by atoms with Gasteiger partial charge in [-0.25, -0.2) is 9.97 Å². The standard InChI is InChI=1S/C17H19Br2N7/c1-24(2)14-11(18)4-3-5-12(14)25-6-8-26(9-7-25)17-13-15(19)22-23-16(13)20-10-21-17/h3-5,10H,6-9H2,1-2H3,(H,20,21,22,23). The number of nitrogens with zero attached hydrogens (tertiary/aromatic N) is 6. The molecule has 1 fully saturated rings. The minimum Gasteiger partial charge on any atom is -0.375 e. The van der Waals surface area contributed by atoms with Crippen LogP contribution in [-0.4, -0.2) is 60.4 Å². The van der Waals surface area contributed by atoms with Crippen molar-refractivity contribution in [3.63, 3.8) is 0 Å². The van der Waals surface area contributed by atoms with E-state index < -0.39 is 0 Å².